The van der Waals surface area contributed by atoms with Crippen molar-refractivity contribution in [1.82, 2.24) is 0 Å². The van der Waals surface area contributed by atoms with E-state index in [-0.39, 0.29) is 6.67 Å². The second kappa shape index (κ2) is 3.23. The second-order valence-electron chi connectivity index (χ2n) is 2.21. The van der Waals surface area contributed by atoms with Crippen LogP contribution in [0.15, 0.2) is 24.3 Å². The van der Waals surface area contributed by atoms with Gasteiger partial charge in [-0.3, -0.25) is 5.01 Å². The summed E-state index contributed by atoms with van der Waals surface area (Å²) in [7, 11) is 0. The lowest BCUT2D eigenvalue weighted by molar-refractivity contribution is 0.866. The summed E-state index contributed by atoms with van der Waals surface area (Å²) in [4.78, 5) is 0. The Morgan fingerprint density at radius 2 is 1.91 bits per heavy atom. The van der Waals surface area contributed by atoms with Gasteiger partial charge >= 0.3 is 0 Å². The van der Waals surface area contributed by atoms with Gasteiger partial charge in [-0.25, -0.2) is 5.84 Å². The van der Waals surface area contributed by atoms with E-state index in [1.807, 2.05) is 18.2 Å². The summed E-state index contributed by atoms with van der Waals surface area (Å²) in [5.41, 5.74) is 12.3. The Labute approximate surface area is 65.5 Å². The van der Waals surface area contributed by atoms with Crippen LogP contribution >= 0.6 is 0 Å². The number of hydrazine groups is 1. The predicted octanol–water partition coefficient (Wildman–Crippen LogP) is -0.135. The zero-order chi connectivity index (χ0) is 8.27. The molecule has 4 nitrogen and oxygen atoms in total. The molecular formula is C7H12N4. The summed E-state index contributed by atoms with van der Waals surface area (Å²) in [6.45, 7) is 0.258. The van der Waals surface area contributed by atoms with Gasteiger partial charge < -0.3 is 11.5 Å². The molecule has 6 N–H and O–H groups in total. The summed E-state index contributed by atoms with van der Waals surface area (Å²) in [5.74, 6) is 5.52. The van der Waals surface area contributed by atoms with Gasteiger partial charge in [0.1, 0.15) is 0 Å². The van der Waals surface area contributed by atoms with Gasteiger partial charge in [-0.05, 0) is 12.1 Å². The number of hydrogen-bond acceptors (Lipinski definition) is 4. The summed E-state index contributed by atoms with van der Waals surface area (Å²) < 4.78 is 0. The normalized spacial score (nSPS) is 9.64. The van der Waals surface area contributed by atoms with E-state index in [4.69, 9.17) is 17.3 Å². The highest BCUT2D eigenvalue weighted by Gasteiger charge is 2.00. The Balaban J connectivity index is 2.93. The first-order chi connectivity index (χ1) is 5.25. The molecule has 0 saturated carbocycles. The van der Waals surface area contributed by atoms with E-state index in [2.05, 4.69) is 0 Å². The van der Waals surface area contributed by atoms with Crippen LogP contribution < -0.4 is 22.3 Å². The van der Waals surface area contributed by atoms with Gasteiger partial charge in [0.15, 0.2) is 0 Å². The monoisotopic (exact) mass is 152 g/mol. The van der Waals surface area contributed by atoms with Gasteiger partial charge in [0.05, 0.1) is 18.0 Å². The number of nitrogen functional groups attached to an aromatic ring is 1. The summed E-state index contributed by atoms with van der Waals surface area (Å²) in [5, 5.41) is 1.40. The standard InChI is InChI=1S/C7H12N4/c8-5-11(10)7-4-2-1-3-6(7)9/h1-4H,5,8-10H2. The van der Waals surface area contributed by atoms with Crippen molar-refractivity contribution in [3.8, 4) is 0 Å². The lowest BCUT2D eigenvalue weighted by Gasteiger charge is -2.17. The van der Waals surface area contributed by atoms with E-state index in [1.54, 1.807) is 6.07 Å². The molecule has 1 rings (SSSR count). The largest absolute Gasteiger partial charge is 0.397 e. The van der Waals surface area contributed by atoms with Crippen LogP contribution in [0.2, 0.25) is 0 Å². The van der Waals surface area contributed by atoms with Crippen LogP contribution in [0.4, 0.5) is 11.4 Å². The summed E-state index contributed by atoms with van der Waals surface area (Å²) >= 11 is 0. The molecule has 4 heteroatoms. The molecule has 0 unspecified atom stereocenters. The molecule has 0 fully saturated rings. The minimum atomic E-state index is 0.258. The van der Waals surface area contributed by atoms with Crippen LogP contribution in [0.1, 0.15) is 0 Å². The highest BCUT2D eigenvalue weighted by molar-refractivity contribution is 5.66. The van der Waals surface area contributed by atoms with E-state index >= 15 is 0 Å². The number of nitrogens with zero attached hydrogens (tertiary/aromatic N) is 1. The molecule has 0 aliphatic carbocycles. The van der Waals surface area contributed by atoms with Crippen LogP contribution in [0.5, 0.6) is 0 Å². The molecule has 0 atom stereocenters. The first-order valence-corrected chi connectivity index (χ1v) is 3.32. The second-order valence-corrected chi connectivity index (χ2v) is 2.21. The van der Waals surface area contributed by atoms with Gasteiger partial charge in [-0.2, -0.15) is 0 Å². The van der Waals surface area contributed by atoms with Crippen molar-refractivity contribution in [2.75, 3.05) is 17.4 Å². The Bertz CT molecular complexity index is 236. The number of rotatable bonds is 2. The number of nitrogens with two attached hydrogens (primary N) is 3. The quantitative estimate of drug-likeness (QED) is 0.238. The van der Waals surface area contributed by atoms with E-state index in [9.17, 15) is 0 Å². The lowest BCUT2D eigenvalue weighted by Crippen LogP contribution is -2.36. The molecule has 0 heterocycles. The Hall–Kier alpha value is -1.26. The molecule has 0 spiro atoms. The molecule has 0 aliphatic rings. The molecule has 0 aliphatic heterocycles. The van der Waals surface area contributed by atoms with Crippen LogP contribution in [0.25, 0.3) is 0 Å². The number of para-hydroxylation sites is 2. The summed E-state index contributed by atoms with van der Waals surface area (Å²) in [6, 6.07) is 7.32. The number of anilines is 2. The first-order valence-electron chi connectivity index (χ1n) is 3.32. The molecule has 0 aromatic heterocycles. The van der Waals surface area contributed by atoms with Crippen molar-refractivity contribution in [2.24, 2.45) is 11.6 Å². The fourth-order valence-electron chi connectivity index (χ4n) is 0.847. The maximum Gasteiger partial charge on any atom is 0.0812 e. The Kier molecular flexibility index (Phi) is 2.30. The number of hydrogen-bond donors (Lipinski definition) is 3. The highest BCUT2D eigenvalue weighted by atomic mass is 15.4. The van der Waals surface area contributed by atoms with Crippen molar-refractivity contribution in [1.29, 1.82) is 0 Å². The first kappa shape index (κ1) is 7.84. The van der Waals surface area contributed by atoms with Crippen molar-refractivity contribution in [2.45, 2.75) is 0 Å². The average Bonchev–Trinajstić information content (AvgIpc) is 2.04. The van der Waals surface area contributed by atoms with Crippen molar-refractivity contribution < 1.29 is 0 Å². The summed E-state index contributed by atoms with van der Waals surface area (Å²) in [6.07, 6.45) is 0. The van der Waals surface area contributed by atoms with E-state index in [0.29, 0.717) is 5.69 Å². The minimum absolute atomic E-state index is 0.258. The van der Waals surface area contributed by atoms with Crippen molar-refractivity contribution in [3.05, 3.63) is 24.3 Å². The molecule has 0 saturated heterocycles. The van der Waals surface area contributed by atoms with Gasteiger partial charge in [0.25, 0.3) is 0 Å². The molecule has 60 valence electrons. The third kappa shape index (κ3) is 1.60. The van der Waals surface area contributed by atoms with Gasteiger partial charge in [-0.1, -0.05) is 12.1 Å². The SMILES string of the molecule is NCN(N)c1ccccc1N. The topological polar surface area (TPSA) is 81.3 Å². The van der Waals surface area contributed by atoms with Crippen molar-refractivity contribution >= 4 is 11.4 Å². The van der Waals surface area contributed by atoms with Crippen LogP contribution in [0, 0.1) is 0 Å². The molecule has 0 amide bonds. The maximum absolute atomic E-state index is 5.62. The molecule has 0 bridgehead atoms. The Morgan fingerprint density at radius 1 is 1.27 bits per heavy atom. The van der Waals surface area contributed by atoms with E-state index in [1.165, 1.54) is 5.01 Å². The minimum Gasteiger partial charge on any atom is -0.397 e. The van der Waals surface area contributed by atoms with E-state index in [0.717, 1.165) is 5.69 Å². The fraction of sp³-hybridized carbons (Fsp3) is 0.143. The molecule has 1 aromatic carbocycles. The lowest BCUT2D eigenvalue weighted by atomic mass is 10.3. The molecule has 0 radical (unpaired) electrons. The predicted molar refractivity (Wildman–Crippen MR) is 46.6 cm³/mol. The zero-order valence-corrected chi connectivity index (χ0v) is 6.20. The smallest absolute Gasteiger partial charge is 0.0812 e. The highest BCUT2D eigenvalue weighted by Crippen LogP contribution is 2.18. The fourth-order valence-corrected chi connectivity index (χ4v) is 0.847. The van der Waals surface area contributed by atoms with Gasteiger partial charge in [0.2, 0.25) is 0 Å². The third-order valence-corrected chi connectivity index (χ3v) is 1.44. The van der Waals surface area contributed by atoms with Gasteiger partial charge in [-0.15, -0.1) is 0 Å². The maximum atomic E-state index is 5.62. The van der Waals surface area contributed by atoms with Crippen molar-refractivity contribution in [3.63, 3.8) is 0 Å². The molecular weight excluding hydrogens is 140 g/mol. The average molecular weight is 152 g/mol. The van der Waals surface area contributed by atoms with E-state index < -0.39 is 0 Å². The zero-order valence-electron chi connectivity index (χ0n) is 6.20. The third-order valence-electron chi connectivity index (χ3n) is 1.44. The number of benzene rings is 1. The van der Waals surface area contributed by atoms with Gasteiger partial charge in [0, 0.05) is 0 Å². The molecule has 11 heavy (non-hydrogen) atoms. The van der Waals surface area contributed by atoms with Crippen LogP contribution in [0.3, 0.4) is 0 Å². The van der Waals surface area contributed by atoms with Crippen LogP contribution in [-0.4, -0.2) is 6.67 Å². The molecule has 1 aromatic rings. The van der Waals surface area contributed by atoms with Crippen LogP contribution in [-0.2, 0) is 0 Å². The Morgan fingerprint density at radius 3 is 2.45 bits per heavy atom.